The first-order chi connectivity index (χ1) is 10.2. The zero-order chi connectivity index (χ0) is 14.8. The van der Waals surface area contributed by atoms with Crippen LogP contribution in [0.2, 0.25) is 10.2 Å². The van der Waals surface area contributed by atoms with Gasteiger partial charge in [0, 0.05) is 11.3 Å². The van der Waals surface area contributed by atoms with Crippen LogP contribution in [-0.4, -0.2) is 17.1 Å². The highest BCUT2D eigenvalue weighted by Gasteiger charge is 2.19. The standard InChI is InChI=1S/C16H16Cl2N2O/c1-21-13-9-5-7-11(17)14(13)16-19-12-8-4-2-3-6-10(12)15(18)20-16/h5,7,9H,2-4,6,8H2,1H3. The highest BCUT2D eigenvalue weighted by molar-refractivity contribution is 6.33. The number of benzene rings is 1. The van der Waals surface area contributed by atoms with Crippen LogP contribution in [0.4, 0.5) is 0 Å². The van der Waals surface area contributed by atoms with Crippen LogP contribution in [0.3, 0.4) is 0 Å². The van der Waals surface area contributed by atoms with E-state index in [-0.39, 0.29) is 0 Å². The van der Waals surface area contributed by atoms with Gasteiger partial charge < -0.3 is 4.74 Å². The SMILES string of the molecule is COc1cccc(Cl)c1-c1nc(Cl)c2c(n1)CCCCC2. The van der Waals surface area contributed by atoms with E-state index in [9.17, 15) is 0 Å². The third kappa shape index (κ3) is 2.85. The summed E-state index contributed by atoms with van der Waals surface area (Å²) in [4.78, 5) is 9.17. The van der Waals surface area contributed by atoms with E-state index >= 15 is 0 Å². The number of methoxy groups -OCH3 is 1. The lowest BCUT2D eigenvalue weighted by atomic mass is 10.1. The molecule has 0 amide bonds. The van der Waals surface area contributed by atoms with Crippen LogP contribution in [0.5, 0.6) is 5.75 Å². The molecule has 0 spiro atoms. The first kappa shape index (κ1) is 14.6. The zero-order valence-corrected chi connectivity index (χ0v) is 13.3. The van der Waals surface area contributed by atoms with E-state index in [2.05, 4.69) is 4.98 Å². The van der Waals surface area contributed by atoms with Crippen LogP contribution >= 0.6 is 23.2 Å². The second kappa shape index (κ2) is 6.20. The van der Waals surface area contributed by atoms with Crippen molar-refractivity contribution < 1.29 is 4.74 Å². The Morgan fingerprint density at radius 1 is 1.05 bits per heavy atom. The molecule has 1 heterocycles. The lowest BCUT2D eigenvalue weighted by Gasteiger charge is -2.13. The number of halogens is 2. The van der Waals surface area contributed by atoms with Crippen molar-refractivity contribution in [2.75, 3.05) is 7.11 Å². The van der Waals surface area contributed by atoms with Crippen LogP contribution in [0.25, 0.3) is 11.4 Å². The number of hydrogen-bond donors (Lipinski definition) is 0. The van der Waals surface area contributed by atoms with Gasteiger partial charge in [-0.3, -0.25) is 0 Å². The Morgan fingerprint density at radius 3 is 2.67 bits per heavy atom. The average Bonchev–Trinajstić information content (AvgIpc) is 2.72. The van der Waals surface area contributed by atoms with Gasteiger partial charge in [0.2, 0.25) is 0 Å². The van der Waals surface area contributed by atoms with Gasteiger partial charge >= 0.3 is 0 Å². The maximum absolute atomic E-state index is 6.38. The number of aromatic nitrogens is 2. The molecule has 5 heteroatoms. The molecule has 2 aromatic rings. The van der Waals surface area contributed by atoms with Gasteiger partial charge in [-0.15, -0.1) is 0 Å². The van der Waals surface area contributed by atoms with Gasteiger partial charge in [0.25, 0.3) is 0 Å². The molecular weight excluding hydrogens is 307 g/mol. The van der Waals surface area contributed by atoms with Gasteiger partial charge in [-0.25, -0.2) is 9.97 Å². The molecule has 0 N–H and O–H groups in total. The summed E-state index contributed by atoms with van der Waals surface area (Å²) in [5.41, 5.74) is 2.84. The summed E-state index contributed by atoms with van der Waals surface area (Å²) in [6.07, 6.45) is 5.38. The van der Waals surface area contributed by atoms with Crippen molar-refractivity contribution in [1.29, 1.82) is 0 Å². The molecule has 3 nitrogen and oxygen atoms in total. The van der Waals surface area contributed by atoms with Crippen LogP contribution in [-0.2, 0) is 12.8 Å². The number of ether oxygens (including phenoxy) is 1. The van der Waals surface area contributed by atoms with E-state index in [0.717, 1.165) is 36.9 Å². The summed E-state index contributed by atoms with van der Waals surface area (Å²) in [6, 6.07) is 5.50. The molecule has 1 aliphatic carbocycles. The van der Waals surface area contributed by atoms with Crippen LogP contribution in [0, 0.1) is 0 Å². The number of fused-ring (bicyclic) bond motifs is 1. The molecule has 0 fully saturated rings. The van der Waals surface area contributed by atoms with E-state index < -0.39 is 0 Å². The predicted molar refractivity (Wildman–Crippen MR) is 85.3 cm³/mol. The largest absolute Gasteiger partial charge is 0.496 e. The van der Waals surface area contributed by atoms with E-state index in [0.29, 0.717) is 27.3 Å². The first-order valence-electron chi connectivity index (χ1n) is 7.09. The summed E-state index contributed by atoms with van der Waals surface area (Å²) < 4.78 is 5.38. The van der Waals surface area contributed by atoms with Crippen LogP contribution < -0.4 is 4.74 Å². The van der Waals surface area contributed by atoms with E-state index in [1.54, 1.807) is 7.11 Å². The second-order valence-corrected chi connectivity index (χ2v) is 5.91. The zero-order valence-electron chi connectivity index (χ0n) is 11.8. The number of hydrogen-bond acceptors (Lipinski definition) is 3. The molecule has 1 aromatic heterocycles. The van der Waals surface area contributed by atoms with Crippen LogP contribution in [0.15, 0.2) is 18.2 Å². The predicted octanol–water partition coefficient (Wildman–Crippen LogP) is 4.73. The van der Waals surface area contributed by atoms with Crippen LogP contribution in [0.1, 0.15) is 30.5 Å². The van der Waals surface area contributed by atoms with Gasteiger partial charge in [0.05, 0.1) is 17.7 Å². The molecule has 21 heavy (non-hydrogen) atoms. The summed E-state index contributed by atoms with van der Waals surface area (Å²) in [5, 5.41) is 1.11. The van der Waals surface area contributed by atoms with Gasteiger partial charge in [-0.2, -0.15) is 0 Å². The molecule has 0 bridgehead atoms. The minimum atomic E-state index is 0.541. The van der Waals surface area contributed by atoms with E-state index in [4.69, 9.17) is 32.9 Å². The smallest absolute Gasteiger partial charge is 0.166 e. The maximum Gasteiger partial charge on any atom is 0.166 e. The number of nitrogens with zero attached hydrogens (tertiary/aromatic N) is 2. The average molecular weight is 323 g/mol. The number of rotatable bonds is 2. The molecule has 0 atom stereocenters. The van der Waals surface area contributed by atoms with Gasteiger partial charge in [0.1, 0.15) is 10.9 Å². The van der Waals surface area contributed by atoms with Crippen molar-refractivity contribution in [1.82, 2.24) is 9.97 Å². The molecule has 0 unspecified atom stereocenters. The molecule has 0 aliphatic heterocycles. The Kier molecular flexibility index (Phi) is 4.32. The Morgan fingerprint density at radius 2 is 1.86 bits per heavy atom. The van der Waals surface area contributed by atoms with Crippen molar-refractivity contribution >= 4 is 23.2 Å². The van der Waals surface area contributed by atoms with Gasteiger partial charge in [0.15, 0.2) is 5.82 Å². The Balaban J connectivity index is 2.16. The Labute approximate surface area is 134 Å². The third-order valence-corrected chi connectivity index (χ3v) is 4.43. The highest BCUT2D eigenvalue weighted by atomic mass is 35.5. The Bertz CT molecular complexity index is 674. The van der Waals surface area contributed by atoms with Crippen molar-refractivity contribution in [2.45, 2.75) is 32.1 Å². The maximum atomic E-state index is 6.38. The molecule has 1 aliphatic rings. The summed E-state index contributed by atoms with van der Waals surface area (Å²) in [6.45, 7) is 0. The molecule has 3 rings (SSSR count). The highest BCUT2D eigenvalue weighted by Crippen LogP contribution is 2.36. The van der Waals surface area contributed by atoms with Crippen molar-refractivity contribution in [3.05, 3.63) is 39.6 Å². The topological polar surface area (TPSA) is 35.0 Å². The quantitative estimate of drug-likeness (QED) is 0.592. The summed E-state index contributed by atoms with van der Waals surface area (Å²) >= 11 is 12.7. The van der Waals surface area contributed by atoms with Crippen molar-refractivity contribution in [2.24, 2.45) is 0 Å². The molecule has 0 radical (unpaired) electrons. The van der Waals surface area contributed by atoms with Gasteiger partial charge in [-0.1, -0.05) is 35.7 Å². The van der Waals surface area contributed by atoms with E-state index in [1.165, 1.54) is 6.42 Å². The molecule has 0 saturated heterocycles. The molecule has 0 saturated carbocycles. The summed E-state index contributed by atoms with van der Waals surface area (Å²) in [5.74, 6) is 1.20. The second-order valence-electron chi connectivity index (χ2n) is 5.14. The molecule has 1 aromatic carbocycles. The van der Waals surface area contributed by atoms with Crippen molar-refractivity contribution in [3.63, 3.8) is 0 Å². The van der Waals surface area contributed by atoms with Crippen molar-refractivity contribution in [3.8, 4) is 17.1 Å². The van der Waals surface area contributed by atoms with E-state index in [1.807, 2.05) is 18.2 Å². The summed E-state index contributed by atoms with van der Waals surface area (Å²) in [7, 11) is 1.61. The molecule has 110 valence electrons. The fourth-order valence-corrected chi connectivity index (χ4v) is 3.26. The van der Waals surface area contributed by atoms with Gasteiger partial charge in [-0.05, 0) is 37.8 Å². The Hall–Kier alpha value is -1.32. The minimum absolute atomic E-state index is 0.541. The first-order valence-corrected chi connectivity index (χ1v) is 7.84. The fraction of sp³-hybridized carbons (Fsp3) is 0.375. The monoisotopic (exact) mass is 322 g/mol. The lowest BCUT2D eigenvalue weighted by molar-refractivity contribution is 0.416. The number of aryl methyl sites for hydroxylation is 1. The minimum Gasteiger partial charge on any atom is -0.496 e. The lowest BCUT2D eigenvalue weighted by Crippen LogP contribution is -2.03. The molecular formula is C16H16Cl2N2O. The third-order valence-electron chi connectivity index (χ3n) is 3.80. The fourth-order valence-electron chi connectivity index (χ4n) is 2.73. The normalized spacial score (nSPS) is 14.4.